The summed E-state index contributed by atoms with van der Waals surface area (Å²) in [5, 5.41) is 7.10. The Morgan fingerprint density at radius 2 is 2.00 bits per heavy atom. The van der Waals surface area contributed by atoms with Gasteiger partial charge < -0.3 is 5.32 Å². The Labute approximate surface area is 137 Å². The third kappa shape index (κ3) is 3.27. The number of nitrogens with one attached hydrogen (secondary N) is 1. The fourth-order valence-electron chi connectivity index (χ4n) is 2.41. The number of aldehydes is 1. The average molecular weight is 364 g/mol. The van der Waals surface area contributed by atoms with E-state index in [1.807, 2.05) is 32.0 Å². The summed E-state index contributed by atoms with van der Waals surface area (Å²) in [6.45, 7) is 4.42. The molecule has 1 N–H and O–H groups in total. The van der Waals surface area contributed by atoms with Crippen LogP contribution in [0.5, 0.6) is 0 Å². The normalized spacial score (nSPS) is 11.3. The molecule has 5 nitrogen and oxygen atoms in total. The van der Waals surface area contributed by atoms with Crippen molar-refractivity contribution in [3.63, 3.8) is 0 Å². The first kappa shape index (κ1) is 16.4. The second-order valence-corrected chi connectivity index (χ2v) is 6.51. The van der Waals surface area contributed by atoms with Gasteiger partial charge in [-0.25, -0.2) is 0 Å². The summed E-state index contributed by atoms with van der Waals surface area (Å²) in [7, 11) is 1.79. The van der Waals surface area contributed by atoms with Crippen LogP contribution in [0.3, 0.4) is 0 Å². The Kier molecular flexibility index (Phi) is 4.81. The Bertz CT molecular complexity index is 693. The second-order valence-electron chi connectivity index (χ2n) is 5.72. The third-order valence-electron chi connectivity index (χ3n) is 3.49. The maximum absolute atomic E-state index is 12.2. The monoisotopic (exact) mass is 363 g/mol. The van der Waals surface area contributed by atoms with Gasteiger partial charge in [-0.15, -0.1) is 0 Å². The molecule has 0 unspecified atom stereocenters. The van der Waals surface area contributed by atoms with Gasteiger partial charge in [0.05, 0.1) is 10.2 Å². The third-order valence-corrected chi connectivity index (χ3v) is 4.28. The Balaban J connectivity index is 2.16. The van der Waals surface area contributed by atoms with E-state index in [0.29, 0.717) is 28.6 Å². The number of nitrogens with zero attached hydrogens (tertiary/aromatic N) is 2. The number of aryl methyl sites for hydroxylation is 1. The summed E-state index contributed by atoms with van der Waals surface area (Å²) in [6, 6.07) is 9.07. The molecule has 1 amide bonds. The lowest BCUT2D eigenvalue weighted by Crippen LogP contribution is -2.38. The van der Waals surface area contributed by atoms with Crippen molar-refractivity contribution < 1.29 is 9.59 Å². The smallest absolute Gasteiger partial charge is 0.251 e. The largest absolute Gasteiger partial charge is 0.351 e. The first-order chi connectivity index (χ1) is 10.4. The van der Waals surface area contributed by atoms with Crippen LogP contribution in [-0.2, 0) is 12.5 Å². The van der Waals surface area contributed by atoms with Gasteiger partial charge in [0, 0.05) is 24.6 Å². The predicted octanol–water partition coefficient (Wildman–Crippen LogP) is 2.70. The van der Waals surface area contributed by atoms with Crippen molar-refractivity contribution in [1.82, 2.24) is 15.1 Å². The molecule has 6 heteroatoms. The summed E-state index contributed by atoms with van der Waals surface area (Å²) < 4.78 is 2.34. The van der Waals surface area contributed by atoms with Crippen LogP contribution >= 0.6 is 15.9 Å². The molecule has 0 saturated heterocycles. The number of aromatic nitrogens is 2. The predicted molar refractivity (Wildman–Crippen MR) is 88.1 cm³/mol. The zero-order valence-electron chi connectivity index (χ0n) is 12.8. The van der Waals surface area contributed by atoms with Crippen LogP contribution in [0.4, 0.5) is 0 Å². The van der Waals surface area contributed by atoms with Gasteiger partial charge in [-0.3, -0.25) is 14.3 Å². The van der Waals surface area contributed by atoms with Crippen molar-refractivity contribution >= 4 is 28.1 Å². The zero-order valence-corrected chi connectivity index (χ0v) is 14.3. The van der Waals surface area contributed by atoms with E-state index < -0.39 is 0 Å². The summed E-state index contributed by atoms with van der Waals surface area (Å²) in [4.78, 5) is 23.1. The van der Waals surface area contributed by atoms with Gasteiger partial charge >= 0.3 is 0 Å². The summed E-state index contributed by atoms with van der Waals surface area (Å²) in [5.74, 6) is -0.123. The van der Waals surface area contributed by atoms with Crippen LogP contribution in [-0.4, -0.2) is 28.5 Å². The molecule has 0 aliphatic carbocycles. The average Bonchev–Trinajstić information content (AvgIpc) is 2.80. The van der Waals surface area contributed by atoms with Crippen LogP contribution in [0.1, 0.15) is 40.4 Å². The van der Waals surface area contributed by atoms with E-state index in [9.17, 15) is 9.59 Å². The first-order valence-corrected chi connectivity index (χ1v) is 7.67. The SMILES string of the molecule is Cn1nc(C=O)c(Br)c1C(C)(C)CNC(=O)c1ccccc1. The van der Waals surface area contributed by atoms with E-state index in [4.69, 9.17) is 0 Å². The molecule has 2 aromatic rings. The molecular weight excluding hydrogens is 346 g/mol. The van der Waals surface area contributed by atoms with Crippen molar-refractivity contribution in [2.75, 3.05) is 6.54 Å². The van der Waals surface area contributed by atoms with Crippen molar-refractivity contribution in [1.29, 1.82) is 0 Å². The van der Waals surface area contributed by atoms with Crippen molar-refractivity contribution in [3.05, 3.63) is 51.8 Å². The van der Waals surface area contributed by atoms with Crippen molar-refractivity contribution in [2.45, 2.75) is 19.3 Å². The van der Waals surface area contributed by atoms with E-state index in [0.717, 1.165) is 5.69 Å². The molecule has 0 atom stereocenters. The molecule has 0 spiro atoms. The van der Waals surface area contributed by atoms with Crippen molar-refractivity contribution in [3.8, 4) is 0 Å². The lowest BCUT2D eigenvalue weighted by molar-refractivity contribution is 0.0944. The van der Waals surface area contributed by atoms with Gasteiger partial charge in [-0.1, -0.05) is 32.0 Å². The Morgan fingerprint density at radius 1 is 1.36 bits per heavy atom. The highest BCUT2D eigenvalue weighted by Gasteiger charge is 2.29. The molecule has 22 heavy (non-hydrogen) atoms. The molecule has 1 aromatic heterocycles. The van der Waals surface area contributed by atoms with Crippen LogP contribution in [0.25, 0.3) is 0 Å². The standard InChI is InChI=1S/C16H18BrN3O2/c1-16(2,14-13(17)12(9-21)19-20(14)3)10-18-15(22)11-7-5-4-6-8-11/h4-9H,10H2,1-3H3,(H,18,22). The van der Waals surface area contributed by atoms with E-state index in [1.165, 1.54) is 0 Å². The fraction of sp³-hybridized carbons (Fsp3) is 0.312. The number of amides is 1. The van der Waals surface area contributed by atoms with E-state index in [-0.39, 0.29) is 11.3 Å². The number of carbonyl (C=O) groups excluding carboxylic acids is 2. The van der Waals surface area contributed by atoms with Gasteiger partial charge in [0.25, 0.3) is 5.91 Å². The Morgan fingerprint density at radius 3 is 2.55 bits per heavy atom. The zero-order chi connectivity index (χ0) is 16.3. The maximum atomic E-state index is 12.2. The Hall–Kier alpha value is -1.95. The summed E-state index contributed by atoms with van der Waals surface area (Å²) in [5.41, 5.74) is 1.46. The summed E-state index contributed by atoms with van der Waals surface area (Å²) >= 11 is 3.42. The highest BCUT2D eigenvalue weighted by Crippen LogP contribution is 2.31. The molecule has 0 fully saturated rings. The van der Waals surface area contributed by atoms with Crippen LogP contribution < -0.4 is 5.32 Å². The minimum absolute atomic E-state index is 0.123. The van der Waals surface area contributed by atoms with Crippen LogP contribution in [0, 0.1) is 0 Å². The first-order valence-electron chi connectivity index (χ1n) is 6.88. The minimum Gasteiger partial charge on any atom is -0.351 e. The molecule has 1 heterocycles. The van der Waals surface area contributed by atoms with Crippen LogP contribution in [0.2, 0.25) is 0 Å². The number of benzene rings is 1. The topological polar surface area (TPSA) is 64.0 Å². The lowest BCUT2D eigenvalue weighted by atomic mass is 9.88. The van der Waals surface area contributed by atoms with E-state index >= 15 is 0 Å². The molecule has 0 radical (unpaired) electrons. The quantitative estimate of drug-likeness (QED) is 0.830. The van der Waals surface area contributed by atoms with E-state index in [2.05, 4.69) is 26.3 Å². The number of hydrogen-bond donors (Lipinski definition) is 1. The van der Waals surface area contributed by atoms with Gasteiger partial charge in [0.15, 0.2) is 6.29 Å². The van der Waals surface area contributed by atoms with E-state index in [1.54, 1.807) is 23.9 Å². The van der Waals surface area contributed by atoms with Gasteiger partial charge in [-0.2, -0.15) is 5.10 Å². The number of hydrogen-bond acceptors (Lipinski definition) is 3. The lowest BCUT2D eigenvalue weighted by Gasteiger charge is -2.26. The van der Waals surface area contributed by atoms with Gasteiger partial charge in [0.2, 0.25) is 0 Å². The molecule has 116 valence electrons. The maximum Gasteiger partial charge on any atom is 0.251 e. The molecule has 0 bridgehead atoms. The molecule has 0 saturated carbocycles. The molecule has 1 aromatic carbocycles. The van der Waals surface area contributed by atoms with Crippen molar-refractivity contribution in [2.24, 2.45) is 7.05 Å². The fourth-order valence-corrected chi connectivity index (χ4v) is 3.37. The number of rotatable bonds is 5. The number of halogens is 1. The van der Waals surface area contributed by atoms with Gasteiger partial charge in [-0.05, 0) is 28.1 Å². The summed E-state index contributed by atoms with van der Waals surface area (Å²) in [6.07, 6.45) is 0.714. The minimum atomic E-state index is -0.383. The molecule has 0 aliphatic rings. The second kappa shape index (κ2) is 6.44. The number of carbonyl (C=O) groups is 2. The molecule has 2 rings (SSSR count). The highest BCUT2D eigenvalue weighted by atomic mass is 79.9. The highest BCUT2D eigenvalue weighted by molar-refractivity contribution is 9.10. The molecule has 0 aliphatic heterocycles. The van der Waals surface area contributed by atoms with Crippen LogP contribution in [0.15, 0.2) is 34.8 Å². The molecular formula is C16H18BrN3O2. The van der Waals surface area contributed by atoms with Gasteiger partial charge in [0.1, 0.15) is 5.69 Å².